The van der Waals surface area contributed by atoms with Gasteiger partial charge in [0.25, 0.3) is 11.5 Å². The van der Waals surface area contributed by atoms with Gasteiger partial charge in [-0.15, -0.1) is 0 Å². The van der Waals surface area contributed by atoms with E-state index in [2.05, 4.69) is 0 Å². The number of hydrogen-bond donors (Lipinski definition) is 2. The van der Waals surface area contributed by atoms with Crippen molar-refractivity contribution in [2.75, 3.05) is 13.1 Å². The van der Waals surface area contributed by atoms with Gasteiger partial charge in [-0.1, -0.05) is 25.1 Å². The second-order valence-electron chi connectivity index (χ2n) is 6.46. The fourth-order valence-corrected chi connectivity index (χ4v) is 3.31. The Morgan fingerprint density at radius 1 is 1.38 bits per heavy atom. The summed E-state index contributed by atoms with van der Waals surface area (Å²) in [6.45, 7) is 2.15. The Bertz CT molecular complexity index is 845. The molecule has 2 heterocycles. The van der Waals surface area contributed by atoms with Crippen molar-refractivity contribution in [3.8, 4) is 0 Å². The summed E-state index contributed by atoms with van der Waals surface area (Å²) in [6, 6.07) is 8.99. The summed E-state index contributed by atoms with van der Waals surface area (Å²) in [7, 11) is 1.64. The maximum atomic E-state index is 12.8. The number of aromatic nitrogens is 1. The van der Waals surface area contributed by atoms with Crippen molar-refractivity contribution >= 4 is 16.8 Å². The summed E-state index contributed by atoms with van der Waals surface area (Å²) in [6.07, 6.45) is -0.289. The third kappa shape index (κ3) is 2.61. The van der Waals surface area contributed by atoms with E-state index >= 15 is 0 Å². The van der Waals surface area contributed by atoms with E-state index in [1.54, 1.807) is 20.0 Å². The number of β-amino-alcohol motifs (C(OH)–C–C–N with tert-alkyl or cyclic N) is 1. The number of amides is 1. The highest BCUT2D eigenvalue weighted by Crippen LogP contribution is 2.26. The van der Waals surface area contributed by atoms with E-state index in [0.717, 1.165) is 10.9 Å². The second kappa shape index (κ2) is 6.03. The van der Waals surface area contributed by atoms with Crippen LogP contribution in [0.5, 0.6) is 0 Å². The number of hydrogen-bond acceptors (Lipinski definition) is 4. The minimum absolute atomic E-state index is 0.0269. The number of piperidine rings is 1. The number of fused-ring (bicyclic) bond motifs is 1. The van der Waals surface area contributed by atoms with Gasteiger partial charge in [0.2, 0.25) is 0 Å². The van der Waals surface area contributed by atoms with Crippen LogP contribution in [-0.2, 0) is 7.05 Å². The lowest BCUT2D eigenvalue weighted by Crippen LogP contribution is -2.57. The van der Waals surface area contributed by atoms with Crippen LogP contribution in [0.4, 0.5) is 0 Å². The van der Waals surface area contributed by atoms with E-state index in [-0.39, 0.29) is 17.7 Å². The van der Waals surface area contributed by atoms with Crippen LogP contribution in [-0.4, -0.2) is 50.4 Å². The number of aryl methyl sites for hydroxylation is 1. The molecule has 6 nitrogen and oxygen atoms in total. The number of carbonyl (C=O) groups is 1. The lowest BCUT2D eigenvalue weighted by molar-refractivity contribution is -0.114. The first-order valence-corrected chi connectivity index (χ1v) is 8.16. The molecule has 24 heavy (non-hydrogen) atoms. The SMILES string of the molecule is CC[C@@]1(O)CCN(C(=O)c2cc3ccccc3n(C)c2=O)C[C@H]1O. The van der Waals surface area contributed by atoms with E-state index in [1.807, 2.05) is 24.3 Å². The third-order valence-corrected chi connectivity index (χ3v) is 5.09. The first-order valence-electron chi connectivity index (χ1n) is 8.16. The summed E-state index contributed by atoms with van der Waals surface area (Å²) in [4.78, 5) is 26.8. The molecule has 1 saturated heterocycles. The number of likely N-dealkylation sites (tertiary alicyclic amines) is 1. The molecule has 0 unspecified atom stereocenters. The summed E-state index contributed by atoms with van der Waals surface area (Å²) >= 11 is 0. The molecule has 0 aliphatic carbocycles. The number of aliphatic hydroxyl groups excluding tert-OH is 1. The molecule has 1 fully saturated rings. The number of carbonyl (C=O) groups excluding carboxylic acids is 1. The van der Waals surface area contributed by atoms with Crippen molar-refractivity contribution in [3.63, 3.8) is 0 Å². The molecule has 128 valence electrons. The maximum absolute atomic E-state index is 12.8. The predicted octanol–water partition coefficient (Wildman–Crippen LogP) is 0.886. The number of benzene rings is 1. The van der Waals surface area contributed by atoms with Crippen LogP contribution in [0, 0.1) is 0 Å². The molecular formula is C18H22N2O4. The molecule has 0 spiro atoms. The number of pyridine rings is 1. The Kier molecular flexibility index (Phi) is 4.19. The standard InChI is InChI=1S/C18H22N2O4/c1-3-18(24)8-9-20(11-15(18)21)17(23)13-10-12-6-4-5-7-14(12)19(2)16(13)22/h4-7,10,15,21,24H,3,8-9,11H2,1-2H3/t15-,18-/m1/s1. The summed E-state index contributed by atoms with van der Waals surface area (Å²) < 4.78 is 1.46. The van der Waals surface area contributed by atoms with E-state index in [1.165, 1.54) is 9.47 Å². The molecule has 1 amide bonds. The number of rotatable bonds is 2. The minimum Gasteiger partial charge on any atom is -0.388 e. The average molecular weight is 330 g/mol. The fraction of sp³-hybridized carbons (Fsp3) is 0.444. The van der Waals surface area contributed by atoms with E-state index in [4.69, 9.17) is 0 Å². The summed E-state index contributed by atoms with van der Waals surface area (Å²) in [5.74, 6) is -0.404. The van der Waals surface area contributed by atoms with Gasteiger partial charge in [-0.2, -0.15) is 0 Å². The van der Waals surface area contributed by atoms with Crippen LogP contribution < -0.4 is 5.56 Å². The first kappa shape index (κ1) is 16.7. The van der Waals surface area contributed by atoms with Crippen molar-refractivity contribution in [1.82, 2.24) is 9.47 Å². The molecule has 3 rings (SSSR count). The van der Waals surface area contributed by atoms with Gasteiger partial charge in [-0.05, 0) is 30.4 Å². The molecule has 2 aromatic rings. The Morgan fingerprint density at radius 2 is 2.08 bits per heavy atom. The zero-order valence-electron chi connectivity index (χ0n) is 13.9. The molecule has 2 N–H and O–H groups in total. The number of aliphatic hydroxyl groups is 2. The largest absolute Gasteiger partial charge is 0.388 e. The Labute approximate surface area is 139 Å². The smallest absolute Gasteiger partial charge is 0.263 e. The molecule has 1 aliphatic heterocycles. The van der Waals surface area contributed by atoms with Crippen LogP contribution >= 0.6 is 0 Å². The summed E-state index contributed by atoms with van der Waals surface area (Å²) in [5, 5.41) is 21.3. The zero-order valence-corrected chi connectivity index (χ0v) is 13.9. The Balaban J connectivity index is 1.95. The van der Waals surface area contributed by atoms with Crippen molar-refractivity contribution in [3.05, 3.63) is 46.2 Å². The van der Waals surface area contributed by atoms with Gasteiger partial charge in [0.1, 0.15) is 11.7 Å². The van der Waals surface area contributed by atoms with Crippen LogP contribution in [0.15, 0.2) is 35.1 Å². The maximum Gasteiger partial charge on any atom is 0.263 e. The Hall–Kier alpha value is -2.18. The highest BCUT2D eigenvalue weighted by Gasteiger charge is 2.40. The third-order valence-electron chi connectivity index (χ3n) is 5.09. The zero-order chi connectivity index (χ0) is 17.5. The predicted molar refractivity (Wildman–Crippen MR) is 91.0 cm³/mol. The van der Waals surface area contributed by atoms with Crippen LogP contribution in [0.2, 0.25) is 0 Å². The van der Waals surface area contributed by atoms with E-state index < -0.39 is 17.6 Å². The molecule has 1 aromatic heterocycles. The van der Waals surface area contributed by atoms with E-state index in [9.17, 15) is 19.8 Å². The molecule has 0 bridgehead atoms. The quantitative estimate of drug-likeness (QED) is 0.856. The van der Waals surface area contributed by atoms with Crippen molar-refractivity contribution in [1.29, 1.82) is 0 Å². The topological polar surface area (TPSA) is 82.8 Å². The van der Waals surface area contributed by atoms with Gasteiger partial charge >= 0.3 is 0 Å². The van der Waals surface area contributed by atoms with Gasteiger partial charge < -0.3 is 19.7 Å². The molecule has 1 aromatic carbocycles. The number of nitrogens with zero attached hydrogens (tertiary/aromatic N) is 2. The first-order chi connectivity index (χ1) is 11.4. The van der Waals surface area contributed by atoms with Gasteiger partial charge in [-0.25, -0.2) is 0 Å². The second-order valence-corrected chi connectivity index (χ2v) is 6.46. The highest BCUT2D eigenvalue weighted by atomic mass is 16.3. The lowest BCUT2D eigenvalue weighted by atomic mass is 9.86. The lowest BCUT2D eigenvalue weighted by Gasteiger charge is -2.41. The van der Waals surface area contributed by atoms with E-state index in [0.29, 0.717) is 19.4 Å². The van der Waals surface area contributed by atoms with Gasteiger partial charge in [0.05, 0.1) is 11.1 Å². The van der Waals surface area contributed by atoms with Gasteiger partial charge in [0.15, 0.2) is 0 Å². The molecule has 6 heteroatoms. The van der Waals surface area contributed by atoms with Crippen LogP contribution in [0.25, 0.3) is 10.9 Å². The summed E-state index contributed by atoms with van der Waals surface area (Å²) in [5.41, 5.74) is -0.668. The Morgan fingerprint density at radius 3 is 2.75 bits per heavy atom. The fourth-order valence-electron chi connectivity index (χ4n) is 3.31. The monoisotopic (exact) mass is 330 g/mol. The molecule has 0 saturated carbocycles. The molecule has 1 aliphatic rings. The minimum atomic E-state index is -1.16. The van der Waals surface area contributed by atoms with Gasteiger partial charge in [0, 0.05) is 20.1 Å². The van der Waals surface area contributed by atoms with Crippen molar-refractivity contribution in [2.45, 2.75) is 31.5 Å². The average Bonchev–Trinajstić information content (AvgIpc) is 2.60. The molecular weight excluding hydrogens is 308 g/mol. The van der Waals surface area contributed by atoms with Crippen LogP contribution in [0.3, 0.4) is 0 Å². The molecule has 0 radical (unpaired) electrons. The number of para-hydroxylation sites is 1. The van der Waals surface area contributed by atoms with Gasteiger partial charge in [-0.3, -0.25) is 9.59 Å². The molecule has 2 atom stereocenters. The van der Waals surface area contributed by atoms with Crippen molar-refractivity contribution < 1.29 is 15.0 Å². The normalized spacial score (nSPS) is 24.3. The highest BCUT2D eigenvalue weighted by molar-refractivity contribution is 5.97. The van der Waals surface area contributed by atoms with Crippen LogP contribution in [0.1, 0.15) is 30.1 Å². The van der Waals surface area contributed by atoms with Crippen molar-refractivity contribution in [2.24, 2.45) is 7.05 Å².